The van der Waals surface area contributed by atoms with Crippen LogP contribution in [0.5, 0.6) is 11.5 Å². The highest BCUT2D eigenvalue weighted by atomic mass is 16.5. The summed E-state index contributed by atoms with van der Waals surface area (Å²) in [6.45, 7) is 3.52. The number of nitrogens with one attached hydrogen (secondary N) is 1. The molecule has 0 aliphatic rings. The molecule has 2 N–H and O–H groups in total. The topological polar surface area (TPSA) is 78.9 Å². The number of benzene rings is 2. The molecule has 0 spiro atoms. The molecular formula is C19H22N2O4. The molecule has 0 heterocycles. The molecular weight excluding hydrogens is 320 g/mol. The predicted octanol–water partition coefficient (Wildman–Crippen LogP) is 3.13. The minimum atomic E-state index is -0.965. The average Bonchev–Trinajstić information content (AvgIpc) is 2.55. The molecule has 6 nitrogen and oxygen atoms in total. The molecule has 0 radical (unpaired) electrons. The molecule has 0 aliphatic carbocycles. The fourth-order valence-electron chi connectivity index (χ4n) is 2.17. The van der Waals surface area contributed by atoms with Crippen LogP contribution in [0, 0.1) is 6.92 Å². The zero-order valence-electron chi connectivity index (χ0n) is 14.5. The number of anilines is 1. The van der Waals surface area contributed by atoms with E-state index in [9.17, 15) is 9.59 Å². The van der Waals surface area contributed by atoms with E-state index in [2.05, 4.69) is 5.32 Å². The highest BCUT2D eigenvalue weighted by molar-refractivity contribution is 5.92. The molecule has 132 valence electrons. The van der Waals surface area contributed by atoms with E-state index in [1.165, 1.54) is 11.8 Å². The van der Waals surface area contributed by atoms with Crippen molar-refractivity contribution in [2.75, 3.05) is 18.9 Å². The molecule has 2 rings (SSSR count). The van der Waals surface area contributed by atoms with Crippen LogP contribution < -0.4 is 10.1 Å². The van der Waals surface area contributed by atoms with Crippen LogP contribution >= 0.6 is 0 Å². The van der Waals surface area contributed by atoms with Gasteiger partial charge in [0.15, 0.2) is 0 Å². The number of carboxylic acids is 1. The van der Waals surface area contributed by atoms with Crippen molar-refractivity contribution in [2.45, 2.75) is 19.9 Å². The van der Waals surface area contributed by atoms with Gasteiger partial charge in [-0.05, 0) is 62.9 Å². The van der Waals surface area contributed by atoms with Crippen molar-refractivity contribution < 1.29 is 19.4 Å². The van der Waals surface area contributed by atoms with Gasteiger partial charge >= 0.3 is 5.97 Å². The first kappa shape index (κ1) is 18.5. The normalized spacial score (nSPS) is 11.8. The maximum Gasteiger partial charge on any atom is 0.320 e. The molecule has 2 aromatic rings. The summed E-state index contributed by atoms with van der Waals surface area (Å²) in [4.78, 5) is 24.4. The summed E-state index contributed by atoms with van der Waals surface area (Å²) < 4.78 is 5.76. The number of carboxylic acid groups (broad SMARTS) is 1. The lowest BCUT2D eigenvalue weighted by atomic mass is 10.2. The van der Waals surface area contributed by atoms with E-state index in [1.54, 1.807) is 31.3 Å². The average molecular weight is 342 g/mol. The molecule has 0 aliphatic heterocycles. The number of nitrogens with zero attached hydrogens (tertiary/aromatic N) is 1. The van der Waals surface area contributed by atoms with Gasteiger partial charge in [0.2, 0.25) is 5.91 Å². The zero-order chi connectivity index (χ0) is 18.4. The highest BCUT2D eigenvalue weighted by Crippen LogP contribution is 2.23. The molecule has 0 fully saturated rings. The smallest absolute Gasteiger partial charge is 0.320 e. The molecule has 0 saturated carbocycles. The third kappa shape index (κ3) is 5.61. The summed E-state index contributed by atoms with van der Waals surface area (Å²) in [5.74, 6) is 0.178. The van der Waals surface area contributed by atoms with E-state index in [1.807, 2.05) is 31.2 Å². The summed E-state index contributed by atoms with van der Waals surface area (Å²) >= 11 is 0. The maximum atomic E-state index is 12.0. The van der Waals surface area contributed by atoms with Gasteiger partial charge in [0.25, 0.3) is 0 Å². The minimum Gasteiger partial charge on any atom is -0.480 e. The Balaban J connectivity index is 1.91. The number of carbonyl (C=O) groups is 2. The molecule has 25 heavy (non-hydrogen) atoms. The number of likely N-dealkylation sites (N-methyl/N-ethyl adjacent to an activating group) is 1. The van der Waals surface area contributed by atoms with Crippen molar-refractivity contribution >= 4 is 17.6 Å². The molecule has 2 aromatic carbocycles. The SMILES string of the molecule is Cc1cccc(Oc2ccc(NC(=O)CN(C)C(C)C(=O)O)cc2)c1. The minimum absolute atomic E-state index is 0.00495. The van der Waals surface area contributed by atoms with Gasteiger partial charge in [-0.3, -0.25) is 14.5 Å². The van der Waals surface area contributed by atoms with Gasteiger partial charge in [-0.1, -0.05) is 12.1 Å². The predicted molar refractivity (Wildman–Crippen MR) is 96.1 cm³/mol. The van der Waals surface area contributed by atoms with E-state index in [0.717, 1.165) is 11.3 Å². The number of aryl methyl sites for hydroxylation is 1. The van der Waals surface area contributed by atoms with Crippen LogP contribution in [0.1, 0.15) is 12.5 Å². The fraction of sp³-hybridized carbons (Fsp3) is 0.263. The molecule has 6 heteroatoms. The number of ether oxygens (including phenoxy) is 1. The molecule has 1 unspecified atom stereocenters. The van der Waals surface area contributed by atoms with E-state index >= 15 is 0 Å². The van der Waals surface area contributed by atoms with E-state index in [4.69, 9.17) is 9.84 Å². The summed E-state index contributed by atoms with van der Waals surface area (Å²) in [5.41, 5.74) is 1.74. The maximum absolute atomic E-state index is 12.0. The Hall–Kier alpha value is -2.86. The molecule has 0 aromatic heterocycles. The van der Waals surface area contributed by atoms with Crippen LogP contribution in [-0.2, 0) is 9.59 Å². The van der Waals surface area contributed by atoms with Crippen LogP contribution in [0.15, 0.2) is 48.5 Å². The summed E-state index contributed by atoms with van der Waals surface area (Å²) in [7, 11) is 1.59. The van der Waals surface area contributed by atoms with Gasteiger partial charge in [0.05, 0.1) is 6.54 Å². The van der Waals surface area contributed by atoms with Gasteiger partial charge in [-0.2, -0.15) is 0 Å². The van der Waals surface area contributed by atoms with Gasteiger partial charge < -0.3 is 15.2 Å². The monoisotopic (exact) mass is 342 g/mol. The lowest BCUT2D eigenvalue weighted by Gasteiger charge is -2.20. The number of aliphatic carboxylic acids is 1. The molecule has 1 atom stereocenters. The quantitative estimate of drug-likeness (QED) is 0.808. The summed E-state index contributed by atoms with van der Waals surface area (Å²) in [5, 5.41) is 11.7. The Bertz CT molecular complexity index is 743. The molecule has 1 amide bonds. The summed E-state index contributed by atoms with van der Waals surface area (Å²) in [6, 6.07) is 14.0. The first-order valence-corrected chi connectivity index (χ1v) is 7.92. The van der Waals surface area contributed by atoms with Gasteiger partial charge in [-0.25, -0.2) is 0 Å². The van der Waals surface area contributed by atoms with E-state index in [0.29, 0.717) is 11.4 Å². The number of hydrogen-bond acceptors (Lipinski definition) is 4. The van der Waals surface area contributed by atoms with Crippen molar-refractivity contribution in [3.05, 3.63) is 54.1 Å². The third-order valence-electron chi connectivity index (χ3n) is 3.77. The lowest BCUT2D eigenvalue weighted by molar-refractivity contribution is -0.142. The molecule has 0 bridgehead atoms. The number of hydrogen-bond donors (Lipinski definition) is 2. The van der Waals surface area contributed by atoms with Gasteiger partial charge in [0, 0.05) is 5.69 Å². The number of amides is 1. The second-order valence-corrected chi connectivity index (χ2v) is 5.92. The Morgan fingerprint density at radius 1 is 1.16 bits per heavy atom. The molecule has 0 saturated heterocycles. The van der Waals surface area contributed by atoms with Crippen molar-refractivity contribution in [2.24, 2.45) is 0 Å². The van der Waals surface area contributed by atoms with Crippen molar-refractivity contribution in [1.29, 1.82) is 0 Å². The number of rotatable bonds is 7. The van der Waals surface area contributed by atoms with Crippen LogP contribution in [0.4, 0.5) is 5.69 Å². The van der Waals surface area contributed by atoms with Gasteiger partial charge in [0.1, 0.15) is 17.5 Å². The van der Waals surface area contributed by atoms with Crippen molar-refractivity contribution in [3.8, 4) is 11.5 Å². The van der Waals surface area contributed by atoms with Crippen LogP contribution in [0.3, 0.4) is 0 Å². The van der Waals surface area contributed by atoms with Crippen LogP contribution in [-0.4, -0.2) is 41.5 Å². The Kier molecular flexibility index (Phi) is 6.14. The lowest BCUT2D eigenvalue weighted by Crippen LogP contribution is -2.40. The second-order valence-electron chi connectivity index (χ2n) is 5.92. The van der Waals surface area contributed by atoms with Crippen LogP contribution in [0.2, 0.25) is 0 Å². The van der Waals surface area contributed by atoms with Crippen molar-refractivity contribution in [3.63, 3.8) is 0 Å². The second kappa shape index (κ2) is 8.30. The Labute approximate surface area is 147 Å². The third-order valence-corrected chi connectivity index (χ3v) is 3.77. The fourth-order valence-corrected chi connectivity index (χ4v) is 2.17. The van der Waals surface area contributed by atoms with E-state index < -0.39 is 12.0 Å². The Morgan fingerprint density at radius 2 is 1.84 bits per heavy atom. The van der Waals surface area contributed by atoms with Crippen LogP contribution in [0.25, 0.3) is 0 Å². The van der Waals surface area contributed by atoms with Gasteiger partial charge in [-0.15, -0.1) is 0 Å². The largest absolute Gasteiger partial charge is 0.480 e. The number of carbonyl (C=O) groups excluding carboxylic acids is 1. The summed E-state index contributed by atoms with van der Waals surface area (Å²) in [6.07, 6.45) is 0. The first-order valence-electron chi connectivity index (χ1n) is 7.92. The highest BCUT2D eigenvalue weighted by Gasteiger charge is 2.19. The zero-order valence-corrected chi connectivity index (χ0v) is 14.5. The van der Waals surface area contributed by atoms with E-state index in [-0.39, 0.29) is 12.5 Å². The standard InChI is InChI=1S/C19H22N2O4/c1-13-5-4-6-17(11-13)25-16-9-7-15(8-10-16)20-18(22)12-21(3)14(2)19(23)24/h4-11,14H,12H2,1-3H3,(H,20,22)(H,23,24). The first-order chi connectivity index (χ1) is 11.8. The Morgan fingerprint density at radius 3 is 2.44 bits per heavy atom. The van der Waals surface area contributed by atoms with Crippen molar-refractivity contribution in [1.82, 2.24) is 4.90 Å².